The van der Waals surface area contributed by atoms with Crippen LogP contribution in [-0.2, 0) is 25.1 Å². The van der Waals surface area contributed by atoms with Gasteiger partial charge in [-0.3, -0.25) is 14.5 Å². The van der Waals surface area contributed by atoms with E-state index in [1.807, 2.05) is 78.8 Å². The number of nitrogens with zero attached hydrogens (tertiary/aromatic N) is 3. The fourth-order valence-electron chi connectivity index (χ4n) is 8.07. The van der Waals surface area contributed by atoms with Crippen LogP contribution in [0.1, 0.15) is 106 Å². The lowest BCUT2D eigenvalue weighted by molar-refractivity contribution is -0.0948. The molecule has 15 heteroatoms. The Balaban J connectivity index is 1.88. The second-order valence-electron chi connectivity index (χ2n) is 18.2. The van der Waals surface area contributed by atoms with E-state index >= 15 is 9.59 Å². The van der Waals surface area contributed by atoms with Gasteiger partial charge in [-0.1, -0.05) is 34.1 Å². The van der Waals surface area contributed by atoms with Crippen molar-refractivity contribution in [3.05, 3.63) is 45.9 Å². The summed E-state index contributed by atoms with van der Waals surface area (Å²) in [6.45, 7) is 17.5. The van der Waals surface area contributed by atoms with Gasteiger partial charge in [-0.05, 0) is 95.1 Å². The average Bonchev–Trinajstić information content (AvgIpc) is 3.47. The maximum Gasteiger partial charge on any atom is 0.514 e. The molecule has 1 N–H and O–H groups in total. The van der Waals surface area contributed by atoms with Crippen molar-refractivity contribution in [1.82, 2.24) is 10.1 Å². The maximum absolute atomic E-state index is 15.6. The van der Waals surface area contributed by atoms with Gasteiger partial charge in [0.25, 0.3) is 5.88 Å². The van der Waals surface area contributed by atoms with E-state index in [2.05, 4.69) is 5.16 Å². The molecule has 310 valence electrons. The van der Waals surface area contributed by atoms with Crippen molar-refractivity contribution < 1.29 is 52.1 Å². The van der Waals surface area contributed by atoms with Gasteiger partial charge in [0.05, 0.1) is 30.4 Å². The van der Waals surface area contributed by atoms with Gasteiger partial charge >= 0.3 is 6.16 Å². The van der Waals surface area contributed by atoms with Gasteiger partial charge in [0.1, 0.15) is 29.5 Å². The predicted molar refractivity (Wildman–Crippen MR) is 212 cm³/mol. The minimum atomic E-state index is -2.97. The van der Waals surface area contributed by atoms with Crippen LogP contribution in [0.3, 0.4) is 0 Å². The van der Waals surface area contributed by atoms with Gasteiger partial charge in [-0.25, -0.2) is 4.79 Å². The van der Waals surface area contributed by atoms with E-state index < -0.39 is 65.4 Å². The number of unbranched alkanes of at least 4 members (excludes halogenated alkanes) is 1. The fourth-order valence-corrected chi connectivity index (χ4v) is 9.52. The van der Waals surface area contributed by atoms with Crippen molar-refractivity contribution in [3.63, 3.8) is 0 Å². The summed E-state index contributed by atoms with van der Waals surface area (Å²) in [7, 11) is 5.99. The highest BCUT2D eigenvalue weighted by molar-refractivity contribution is 6.74. The summed E-state index contributed by atoms with van der Waals surface area (Å²) in [6, 6.07) is 2.68. The predicted octanol–water partition coefficient (Wildman–Crippen LogP) is 7.67. The van der Waals surface area contributed by atoms with Gasteiger partial charge in [-0.2, -0.15) is 0 Å². The second kappa shape index (κ2) is 15.5. The smallest absolute Gasteiger partial charge is 0.508 e. The molecule has 5 rings (SSSR count). The Hall–Kier alpha value is -3.76. The molecule has 0 bridgehead atoms. The normalized spacial score (nSPS) is 23.7. The number of anilines is 1. The Morgan fingerprint density at radius 3 is 2.32 bits per heavy atom. The lowest BCUT2D eigenvalue weighted by Crippen LogP contribution is -2.66. The molecule has 1 aromatic heterocycles. The molecule has 0 unspecified atom stereocenters. The third kappa shape index (κ3) is 7.52. The first-order valence-corrected chi connectivity index (χ1v) is 22.2. The molecule has 56 heavy (non-hydrogen) atoms. The second-order valence-corrected chi connectivity index (χ2v) is 23.0. The lowest BCUT2D eigenvalue weighted by Gasteiger charge is -2.58. The minimum absolute atomic E-state index is 0.0176. The number of carbonyl (C=O) groups excluding carboxylic acids is 3. The summed E-state index contributed by atoms with van der Waals surface area (Å²) in [5.41, 5.74) is -2.72. The highest BCUT2D eigenvalue weighted by Crippen LogP contribution is 2.63. The first-order valence-electron chi connectivity index (χ1n) is 19.3. The van der Waals surface area contributed by atoms with Gasteiger partial charge in [0.2, 0.25) is 5.78 Å². The Morgan fingerprint density at radius 2 is 1.75 bits per heavy atom. The summed E-state index contributed by atoms with van der Waals surface area (Å²) in [5.74, 6) is -2.21. The van der Waals surface area contributed by atoms with E-state index in [9.17, 15) is 9.90 Å². The quantitative estimate of drug-likeness (QED) is 0.0691. The van der Waals surface area contributed by atoms with Crippen molar-refractivity contribution >= 4 is 31.7 Å². The first-order chi connectivity index (χ1) is 26.0. The summed E-state index contributed by atoms with van der Waals surface area (Å²) >= 11 is 0. The topological polar surface area (TPSA) is 159 Å². The summed E-state index contributed by atoms with van der Waals surface area (Å²) in [6.07, 6.45) is 0.911. The number of rotatable bonds is 13. The molecule has 0 saturated heterocycles. The number of ketones is 2. The molecule has 0 spiro atoms. The van der Waals surface area contributed by atoms with Crippen molar-refractivity contribution in [2.75, 3.05) is 60.2 Å². The Kier molecular flexibility index (Phi) is 12.0. The zero-order valence-electron chi connectivity index (χ0n) is 35.6. The number of aliphatic hydroxyl groups excluding tert-OH is 1. The summed E-state index contributed by atoms with van der Waals surface area (Å²) in [4.78, 5) is 48.1. The number of aromatic nitrogens is 1. The molecule has 4 atom stereocenters. The molecule has 0 radical (unpaired) electrons. The molecule has 3 aliphatic rings. The molecule has 1 aromatic carbocycles. The molecule has 3 aliphatic carbocycles. The van der Waals surface area contributed by atoms with Gasteiger partial charge in [0, 0.05) is 38.2 Å². The van der Waals surface area contributed by atoms with E-state index in [0.717, 1.165) is 12.8 Å². The number of hydrogen-bond donors (Lipinski definition) is 1. The Bertz CT molecular complexity index is 1870. The molecule has 0 fully saturated rings. The largest absolute Gasteiger partial charge is 0.514 e. The van der Waals surface area contributed by atoms with Crippen LogP contribution in [0.15, 0.2) is 28.0 Å². The Labute approximate surface area is 331 Å². The molecule has 0 amide bonds. The number of hydrogen-bond acceptors (Lipinski definition) is 14. The number of benzene rings is 1. The third-order valence-corrected chi connectivity index (χ3v) is 16.0. The highest BCUT2D eigenvalue weighted by Gasteiger charge is 2.70. The number of methoxy groups -OCH3 is 1. The highest BCUT2D eigenvalue weighted by atomic mass is 28.4. The van der Waals surface area contributed by atoms with Gasteiger partial charge in [-0.15, -0.1) is 0 Å². The number of carbonyl (C=O) groups is 3. The van der Waals surface area contributed by atoms with Crippen LogP contribution in [0.25, 0.3) is 0 Å². The number of Topliss-reactive ketones (excluding diaryl/α,β-unsaturated/α-hetero) is 2. The lowest BCUT2D eigenvalue weighted by atomic mass is 9.52. The van der Waals surface area contributed by atoms with Gasteiger partial charge < -0.3 is 42.6 Å². The van der Waals surface area contributed by atoms with E-state index in [1.165, 1.54) is 7.11 Å². The Morgan fingerprint density at radius 1 is 1.07 bits per heavy atom. The summed E-state index contributed by atoms with van der Waals surface area (Å²) in [5, 5.41) is 17.1. The van der Waals surface area contributed by atoms with E-state index in [1.54, 1.807) is 32.9 Å². The van der Waals surface area contributed by atoms with Gasteiger partial charge in [0.15, 0.2) is 25.5 Å². The molecule has 2 aromatic rings. The number of ether oxygens (including phenoxy) is 5. The van der Waals surface area contributed by atoms with Crippen molar-refractivity contribution in [2.45, 2.75) is 110 Å². The van der Waals surface area contributed by atoms with Crippen molar-refractivity contribution in [1.29, 1.82) is 0 Å². The standard InChI is InChI=1S/C41H61N3O11Si/c1-15-16-19-51-36-29-33(54-42-36)31(44(10)11)25-21-40(22-50-23-49-12)20-24-26(43(8)9)17-18-27(52-37(48)53-38(2,3)4)28(24)32(45)30(40)35(47)41(25,34(29)46)55-56(13,14)39(5,6)7/h17-18,25,31,47H,15-16,19-23H2,1-14H3/t25-,31-,40-,41+/m0/s1. The van der Waals surface area contributed by atoms with Crippen LogP contribution >= 0.6 is 0 Å². The third-order valence-electron chi connectivity index (χ3n) is 11.5. The van der Waals surface area contributed by atoms with E-state index in [0.29, 0.717) is 23.6 Å². The molecule has 0 aliphatic heterocycles. The maximum atomic E-state index is 15.6. The summed E-state index contributed by atoms with van der Waals surface area (Å²) < 4.78 is 42.1. The molecule has 1 heterocycles. The average molecular weight is 800 g/mol. The van der Waals surface area contributed by atoms with Crippen LogP contribution in [0.4, 0.5) is 10.5 Å². The van der Waals surface area contributed by atoms with Crippen LogP contribution in [-0.4, -0.2) is 108 Å². The molecular weight excluding hydrogens is 739 g/mol. The van der Waals surface area contributed by atoms with Crippen LogP contribution in [0.2, 0.25) is 18.1 Å². The molecule has 14 nitrogen and oxygen atoms in total. The minimum Gasteiger partial charge on any atom is -0.508 e. The SMILES string of the molecule is CCCCOc1noc2c1C(=O)[C@@]1(O[Si](C)(C)C(C)(C)C)C(O)=C3C(=O)c4c(OC(=O)OC(C)(C)C)ccc(N(C)C)c4C[C@@]3(COCOC)C[C@H]1[C@@H]2N(C)C. The van der Waals surface area contributed by atoms with Crippen LogP contribution in [0, 0.1) is 11.3 Å². The molecular formula is C41H61N3O11Si. The number of fused-ring (bicyclic) bond motifs is 4. The zero-order chi connectivity index (χ0) is 41.8. The van der Waals surface area contributed by atoms with Crippen molar-refractivity contribution in [3.8, 4) is 11.6 Å². The van der Waals surface area contributed by atoms with Crippen LogP contribution < -0.4 is 14.4 Å². The van der Waals surface area contributed by atoms with Crippen molar-refractivity contribution in [2.24, 2.45) is 11.3 Å². The number of aliphatic hydroxyl groups is 1. The monoisotopic (exact) mass is 799 g/mol. The zero-order valence-corrected chi connectivity index (χ0v) is 36.6. The fraction of sp³-hybridized carbons (Fsp3) is 0.659. The molecule has 0 saturated carbocycles. The van der Waals surface area contributed by atoms with E-state index in [-0.39, 0.29) is 54.6 Å². The first kappa shape index (κ1) is 43.4. The van der Waals surface area contributed by atoms with Crippen LogP contribution in [0.5, 0.6) is 11.6 Å². The van der Waals surface area contributed by atoms with E-state index in [4.69, 9.17) is 32.6 Å².